The van der Waals surface area contributed by atoms with Crippen molar-refractivity contribution in [2.45, 2.75) is 13.8 Å². The number of fused-ring (bicyclic) bond motifs is 1. The molecule has 0 spiro atoms. The Bertz CT molecular complexity index is 951. The molecular weight excluding hydrogens is 292 g/mol. The van der Waals surface area contributed by atoms with Gasteiger partial charge in [-0.1, -0.05) is 6.07 Å². The zero-order valence-corrected chi connectivity index (χ0v) is 12.8. The molecule has 6 heteroatoms. The Morgan fingerprint density at radius 3 is 2.52 bits per heavy atom. The molecule has 0 atom stereocenters. The summed E-state index contributed by atoms with van der Waals surface area (Å²) < 4.78 is 0. The van der Waals surface area contributed by atoms with E-state index in [2.05, 4.69) is 9.97 Å². The summed E-state index contributed by atoms with van der Waals surface area (Å²) in [7, 11) is 0. The normalized spacial score (nSPS) is 10.9. The molecule has 1 aromatic heterocycles. The highest BCUT2D eigenvalue weighted by Crippen LogP contribution is 2.40. The number of aryl methyl sites for hydroxylation is 1. The molecule has 0 saturated carbocycles. The molecule has 0 radical (unpaired) electrons. The van der Waals surface area contributed by atoms with Crippen LogP contribution in [0.3, 0.4) is 0 Å². The molecule has 1 heterocycles. The zero-order valence-electron chi connectivity index (χ0n) is 12.8. The number of primary amides is 1. The number of nitrogens with zero attached hydrogens (tertiary/aromatic N) is 2. The number of phenols is 1. The van der Waals surface area contributed by atoms with Gasteiger partial charge in [0.05, 0.1) is 22.3 Å². The molecule has 0 aliphatic heterocycles. The molecule has 0 unspecified atom stereocenters. The largest absolute Gasteiger partial charge is 0.508 e. The van der Waals surface area contributed by atoms with Gasteiger partial charge in [0.1, 0.15) is 5.75 Å². The van der Waals surface area contributed by atoms with Crippen molar-refractivity contribution in [2.24, 2.45) is 5.73 Å². The molecule has 6 nitrogen and oxygen atoms in total. The molecule has 0 bridgehead atoms. The lowest BCUT2D eigenvalue weighted by Gasteiger charge is -2.17. The van der Waals surface area contributed by atoms with Crippen molar-refractivity contribution >= 4 is 22.6 Å². The first-order valence-corrected chi connectivity index (χ1v) is 7.04. The van der Waals surface area contributed by atoms with Gasteiger partial charge in [-0.15, -0.1) is 0 Å². The number of anilines is 1. The van der Waals surface area contributed by atoms with Crippen LogP contribution in [0.4, 0.5) is 5.69 Å². The molecule has 0 aliphatic carbocycles. The quantitative estimate of drug-likeness (QED) is 0.628. The summed E-state index contributed by atoms with van der Waals surface area (Å²) in [5.41, 5.74) is 16.0. The fraction of sp³-hybridized carbons (Fsp3) is 0.118. The van der Waals surface area contributed by atoms with E-state index in [1.54, 1.807) is 25.3 Å². The van der Waals surface area contributed by atoms with Gasteiger partial charge >= 0.3 is 0 Å². The van der Waals surface area contributed by atoms with Crippen molar-refractivity contribution < 1.29 is 9.90 Å². The lowest BCUT2D eigenvalue weighted by atomic mass is 9.91. The standard InChI is InChI=1S/C17H16N4O2/c1-8-3-4-12(22)9(2)13(8)14-15(18)10(17(19)23)7-11-16(14)21-6-5-20-11/h3-7,22H,18H2,1-2H3,(H2,19,23). The van der Waals surface area contributed by atoms with Gasteiger partial charge in [0.25, 0.3) is 5.91 Å². The summed E-state index contributed by atoms with van der Waals surface area (Å²) in [5.74, 6) is -0.488. The van der Waals surface area contributed by atoms with E-state index in [1.165, 1.54) is 12.3 Å². The van der Waals surface area contributed by atoms with Crippen molar-refractivity contribution in [1.29, 1.82) is 0 Å². The molecule has 0 aliphatic rings. The number of nitrogens with two attached hydrogens (primary N) is 2. The van der Waals surface area contributed by atoms with Crippen LogP contribution in [0.5, 0.6) is 5.75 Å². The number of aromatic hydroxyl groups is 1. The highest BCUT2D eigenvalue weighted by Gasteiger charge is 2.21. The van der Waals surface area contributed by atoms with Gasteiger partial charge in [-0.25, -0.2) is 0 Å². The first-order valence-electron chi connectivity index (χ1n) is 7.04. The molecule has 0 saturated heterocycles. The third-order valence-corrected chi connectivity index (χ3v) is 3.96. The van der Waals surface area contributed by atoms with Gasteiger partial charge in [0, 0.05) is 18.0 Å². The second-order valence-corrected chi connectivity index (χ2v) is 5.40. The topological polar surface area (TPSA) is 115 Å². The number of phenolic OH excluding ortho intramolecular Hbond substituents is 1. The predicted molar refractivity (Wildman–Crippen MR) is 89.0 cm³/mol. The Morgan fingerprint density at radius 2 is 1.83 bits per heavy atom. The van der Waals surface area contributed by atoms with Gasteiger partial charge in [-0.2, -0.15) is 0 Å². The molecule has 23 heavy (non-hydrogen) atoms. The smallest absolute Gasteiger partial charge is 0.250 e. The summed E-state index contributed by atoms with van der Waals surface area (Å²) in [6.07, 6.45) is 3.10. The Hall–Kier alpha value is -3.15. The van der Waals surface area contributed by atoms with Crippen LogP contribution in [0.25, 0.3) is 22.2 Å². The van der Waals surface area contributed by atoms with Gasteiger partial charge in [0.2, 0.25) is 0 Å². The molecule has 2 aromatic carbocycles. The van der Waals surface area contributed by atoms with Crippen molar-refractivity contribution in [1.82, 2.24) is 9.97 Å². The first-order chi connectivity index (χ1) is 10.9. The van der Waals surface area contributed by atoms with Gasteiger partial charge < -0.3 is 16.6 Å². The molecule has 5 N–H and O–H groups in total. The highest BCUT2D eigenvalue weighted by atomic mass is 16.3. The number of nitrogen functional groups attached to an aromatic ring is 1. The van der Waals surface area contributed by atoms with Crippen molar-refractivity contribution in [3.05, 3.63) is 47.3 Å². The third kappa shape index (κ3) is 2.24. The summed E-state index contributed by atoms with van der Waals surface area (Å²) in [6, 6.07) is 4.95. The Morgan fingerprint density at radius 1 is 1.13 bits per heavy atom. The predicted octanol–water partition coefficient (Wildman–Crippen LogP) is 2.30. The number of benzene rings is 2. The van der Waals surface area contributed by atoms with Gasteiger partial charge in [-0.3, -0.25) is 14.8 Å². The second-order valence-electron chi connectivity index (χ2n) is 5.40. The van der Waals surface area contributed by atoms with E-state index in [0.29, 0.717) is 22.2 Å². The lowest BCUT2D eigenvalue weighted by molar-refractivity contribution is 0.100. The molecule has 3 aromatic rings. The fourth-order valence-electron chi connectivity index (χ4n) is 2.80. The minimum atomic E-state index is -0.633. The maximum absolute atomic E-state index is 11.7. The number of carbonyl (C=O) groups excluding carboxylic acids is 1. The van der Waals surface area contributed by atoms with Crippen molar-refractivity contribution in [3.63, 3.8) is 0 Å². The van der Waals surface area contributed by atoms with E-state index >= 15 is 0 Å². The number of carbonyl (C=O) groups is 1. The summed E-state index contributed by atoms with van der Waals surface area (Å²) in [4.78, 5) is 20.3. The summed E-state index contributed by atoms with van der Waals surface area (Å²) in [6.45, 7) is 3.69. The van der Waals surface area contributed by atoms with E-state index in [0.717, 1.165) is 11.1 Å². The molecule has 116 valence electrons. The number of amides is 1. The highest BCUT2D eigenvalue weighted by molar-refractivity contribution is 6.10. The number of hydrogen-bond acceptors (Lipinski definition) is 5. The lowest BCUT2D eigenvalue weighted by Crippen LogP contribution is -2.15. The van der Waals surface area contributed by atoms with Crippen molar-refractivity contribution in [2.75, 3.05) is 5.73 Å². The van der Waals surface area contributed by atoms with E-state index in [-0.39, 0.29) is 17.0 Å². The fourth-order valence-corrected chi connectivity index (χ4v) is 2.80. The van der Waals surface area contributed by atoms with Gasteiger partial charge in [-0.05, 0) is 42.7 Å². The number of hydrogen-bond donors (Lipinski definition) is 3. The third-order valence-electron chi connectivity index (χ3n) is 3.96. The number of rotatable bonds is 2. The van der Waals surface area contributed by atoms with Gasteiger partial charge in [0.15, 0.2) is 0 Å². The zero-order chi connectivity index (χ0) is 16.7. The Labute approximate surface area is 132 Å². The Balaban J connectivity index is 2.53. The first kappa shape index (κ1) is 14.8. The van der Waals surface area contributed by atoms with E-state index in [9.17, 15) is 9.90 Å². The van der Waals surface area contributed by atoms with Crippen LogP contribution in [0, 0.1) is 13.8 Å². The minimum Gasteiger partial charge on any atom is -0.508 e. The van der Waals surface area contributed by atoms with E-state index in [1.807, 2.05) is 6.92 Å². The van der Waals surface area contributed by atoms with Crippen LogP contribution in [-0.2, 0) is 0 Å². The SMILES string of the molecule is Cc1ccc(O)c(C)c1-c1c(N)c(C(N)=O)cc2nccnc12. The van der Waals surface area contributed by atoms with Crippen LogP contribution < -0.4 is 11.5 Å². The summed E-state index contributed by atoms with van der Waals surface area (Å²) >= 11 is 0. The number of aromatic nitrogens is 2. The second kappa shape index (κ2) is 5.24. The average Bonchev–Trinajstić information content (AvgIpc) is 2.52. The molecule has 3 rings (SSSR count). The summed E-state index contributed by atoms with van der Waals surface area (Å²) in [5, 5.41) is 10.1. The molecule has 1 amide bonds. The minimum absolute atomic E-state index is 0.145. The van der Waals surface area contributed by atoms with Crippen LogP contribution in [-0.4, -0.2) is 21.0 Å². The average molecular weight is 308 g/mol. The Kier molecular flexibility index (Phi) is 3.37. The van der Waals surface area contributed by atoms with Crippen LogP contribution in [0.2, 0.25) is 0 Å². The van der Waals surface area contributed by atoms with E-state index in [4.69, 9.17) is 11.5 Å². The molecule has 0 fully saturated rings. The maximum Gasteiger partial charge on any atom is 0.250 e. The van der Waals surface area contributed by atoms with Crippen LogP contribution >= 0.6 is 0 Å². The van der Waals surface area contributed by atoms with Crippen LogP contribution in [0.15, 0.2) is 30.6 Å². The van der Waals surface area contributed by atoms with E-state index < -0.39 is 5.91 Å². The monoisotopic (exact) mass is 308 g/mol. The maximum atomic E-state index is 11.7. The van der Waals surface area contributed by atoms with Crippen molar-refractivity contribution in [3.8, 4) is 16.9 Å². The molecular formula is C17H16N4O2. The van der Waals surface area contributed by atoms with Crippen LogP contribution in [0.1, 0.15) is 21.5 Å².